The Hall–Kier alpha value is -2.27. The number of furan rings is 1. The molecule has 0 saturated carbocycles. The molecular formula is C21H31IN4O4. The van der Waals surface area contributed by atoms with Crippen LogP contribution >= 0.6 is 24.0 Å². The topological polar surface area (TPSA) is 97.1 Å². The number of aryl methyl sites for hydroxylation is 1. The van der Waals surface area contributed by atoms with Gasteiger partial charge in [0.05, 0.1) is 19.4 Å². The van der Waals surface area contributed by atoms with E-state index in [0.29, 0.717) is 44.6 Å². The first-order valence-electron chi connectivity index (χ1n) is 9.69. The zero-order valence-electron chi connectivity index (χ0n) is 17.7. The predicted octanol–water partition coefficient (Wildman–Crippen LogP) is 2.72. The van der Waals surface area contributed by atoms with Gasteiger partial charge in [0.2, 0.25) is 0 Å². The number of benzene rings is 1. The molecule has 0 aliphatic carbocycles. The number of ether oxygens (including phenoxy) is 2. The third-order valence-corrected chi connectivity index (χ3v) is 3.97. The highest BCUT2D eigenvalue weighted by atomic mass is 127. The number of amides is 1. The molecular weight excluding hydrogens is 499 g/mol. The molecule has 2 rings (SSSR count). The van der Waals surface area contributed by atoms with Crippen LogP contribution in [0.1, 0.15) is 28.6 Å². The van der Waals surface area contributed by atoms with Crippen LogP contribution < -0.4 is 20.7 Å². The van der Waals surface area contributed by atoms with Gasteiger partial charge in [0.15, 0.2) is 11.7 Å². The van der Waals surface area contributed by atoms with Crippen LogP contribution in [-0.4, -0.2) is 51.8 Å². The Kier molecular flexibility index (Phi) is 12.6. The number of nitrogens with one attached hydrogen (secondary N) is 3. The van der Waals surface area contributed by atoms with Crippen molar-refractivity contribution >= 4 is 35.8 Å². The summed E-state index contributed by atoms with van der Waals surface area (Å²) in [6.07, 6.45) is 1.47. The van der Waals surface area contributed by atoms with Gasteiger partial charge in [0, 0.05) is 32.3 Å². The molecule has 0 bridgehead atoms. The Balaban J connectivity index is 0.00000450. The van der Waals surface area contributed by atoms with Crippen LogP contribution in [0.2, 0.25) is 0 Å². The number of guanidine groups is 1. The summed E-state index contributed by atoms with van der Waals surface area (Å²) in [6, 6.07) is 9.38. The minimum atomic E-state index is -0.240. The molecule has 166 valence electrons. The van der Waals surface area contributed by atoms with E-state index in [1.165, 1.54) is 6.26 Å². The van der Waals surface area contributed by atoms with E-state index in [9.17, 15) is 4.79 Å². The number of halogens is 1. The third-order valence-electron chi connectivity index (χ3n) is 3.97. The summed E-state index contributed by atoms with van der Waals surface area (Å²) < 4.78 is 15.9. The lowest BCUT2D eigenvalue weighted by atomic mass is 10.1. The van der Waals surface area contributed by atoms with Crippen molar-refractivity contribution in [3.05, 3.63) is 53.5 Å². The van der Waals surface area contributed by atoms with Gasteiger partial charge in [-0.15, -0.1) is 24.0 Å². The Bertz CT molecular complexity index is 781. The van der Waals surface area contributed by atoms with E-state index in [1.807, 2.05) is 32.0 Å². The van der Waals surface area contributed by atoms with Gasteiger partial charge >= 0.3 is 0 Å². The van der Waals surface area contributed by atoms with E-state index in [-0.39, 0.29) is 29.9 Å². The summed E-state index contributed by atoms with van der Waals surface area (Å²) in [6.45, 7) is 7.23. The zero-order chi connectivity index (χ0) is 20.9. The van der Waals surface area contributed by atoms with Crippen LogP contribution in [0.15, 0.2) is 46.0 Å². The van der Waals surface area contributed by atoms with Gasteiger partial charge < -0.3 is 29.8 Å². The largest absolute Gasteiger partial charge is 0.491 e. The number of rotatable bonds is 11. The summed E-state index contributed by atoms with van der Waals surface area (Å²) >= 11 is 0. The highest BCUT2D eigenvalue weighted by Gasteiger charge is 2.08. The summed E-state index contributed by atoms with van der Waals surface area (Å²) in [7, 11) is 1.65. The van der Waals surface area contributed by atoms with Gasteiger partial charge in [0.25, 0.3) is 5.91 Å². The Morgan fingerprint density at radius 1 is 1.13 bits per heavy atom. The van der Waals surface area contributed by atoms with Crippen molar-refractivity contribution in [2.45, 2.75) is 20.4 Å². The maximum atomic E-state index is 11.9. The lowest BCUT2D eigenvalue weighted by Crippen LogP contribution is -2.41. The van der Waals surface area contributed by atoms with E-state index in [1.54, 1.807) is 19.2 Å². The van der Waals surface area contributed by atoms with Crippen molar-refractivity contribution in [3.63, 3.8) is 0 Å². The highest BCUT2D eigenvalue weighted by Crippen LogP contribution is 2.21. The number of carbonyl (C=O) groups excluding carboxylic acids is 1. The first kappa shape index (κ1) is 25.8. The molecule has 0 unspecified atom stereocenters. The molecule has 8 nitrogen and oxygen atoms in total. The van der Waals surface area contributed by atoms with Crippen molar-refractivity contribution in [2.24, 2.45) is 4.99 Å². The first-order chi connectivity index (χ1) is 14.1. The maximum Gasteiger partial charge on any atom is 0.287 e. The minimum Gasteiger partial charge on any atom is -0.491 e. The maximum absolute atomic E-state index is 11.9. The van der Waals surface area contributed by atoms with E-state index < -0.39 is 0 Å². The van der Waals surface area contributed by atoms with E-state index in [4.69, 9.17) is 13.9 Å². The van der Waals surface area contributed by atoms with Gasteiger partial charge in [-0.05, 0) is 37.6 Å². The summed E-state index contributed by atoms with van der Waals surface area (Å²) in [5.41, 5.74) is 2.12. The molecule has 30 heavy (non-hydrogen) atoms. The molecule has 0 spiro atoms. The van der Waals surface area contributed by atoms with Gasteiger partial charge in [-0.2, -0.15) is 0 Å². The molecule has 1 heterocycles. The Labute approximate surface area is 194 Å². The Morgan fingerprint density at radius 3 is 2.63 bits per heavy atom. The van der Waals surface area contributed by atoms with Gasteiger partial charge in [-0.3, -0.25) is 4.79 Å². The second-order valence-corrected chi connectivity index (χ2v) is 6.31. The number of nitrogens with zero attached hydrogens (tertiary/aromatic N) is 1. The fraction of sp³-hybridized carbons (Fsp3) is 0.429. The molecule has 1 aromatic carbocycles. The molecule has 0 aliphatic heterocycles. The van der Waals surface area contributed by atoms with Crippen molar-refractivity contribution in [1.82, 2.24) is 16.0 Å². The average Bonchev–Trinajstić information content (AvgIpc) is 3.25. The third kappa shape index (κ3) is 9.04. The SMILES string of the molecule is CCNC(=NCc1ccc(C)cc1OCCOC)NCCNC(=O)c1ccco1.I. The highest BCUT2D eigenvalue weighted by molar-refractivity contribution is 14.0. The number of methoxy groups -OCH3 is 1. The molecule has 0 atom stereocenters. The molecule has 2 aromatic rings. The summed E-state index contributed by atoms with van der Waals surface area (Å²) in [5, 5.41) is 9.20. The molecule has 1 amide bonds. The standard InChI is InChI=1S/C21H30N4O4.HI/c1-4-22-21(24-10-9-23-20(26)18-6-5-11-28-18)25-15-17-8-7-16(2)14-19(17)29-13-12-27-3;/h5-8,11,14H,4,9-10,12-13,15H2,1-3H3,(H,23,26)(H2,22,24,25);1H. The smallest absolute Gasteiger partial charge is 0.287 e. The minimum absolute atomic E-state index is 0. The normalized spacial score (nSPS) is 10.8. The second kappa shape index (κ2) is 14.7. The van der Waals surface area contributed by atoms with Gasteiger partial charge in [0.1, 0.15) is 12.4 Å². The summed E-state index contributed by atoms with van der Waals surface area (Å²) in [5.74, 6) is 1.54. The number of carbonyl (C=O) groups is 1. The van der Waals surface area contributed by atoms with E-state index in [2.05, 4.69) is 20.9 Å². The zero-order valence-corrected chi connectivity index (χ0v) is 20.0. The molecule has 0 fully saturated rings. The fourth-order valence-corrected chi connectivity index (χ4v) is 2.52. The quantitative estimate of drug-likeness (QED) is 0.179. The van der Waals surface area contributed by atoms with Crippen molar-refractivity contribution in [3.8, 4) is 5.75 Å². The number of aliphatic imine (C=N–C) groups is 1. The monoisotopic (exact) mass is 530 g/mol. The van der Waals surface area contributed by atoms with E-state index >= 15 is 0 Å². The molecule has 9 heteroatoms. The first-order valence-corrected chi connectivity index (χ1v) is 9.69. The van der Waals surface area contributed by atoms with Crippen molar-refractivity contribution in [2.75, 3.05) is 40.0 Å². The van der Waals surface area contributed by atoms with Crippen LogP contribution in [0.25, 0.3) is 0 Å². The molecule has 0 saturated heterocycles. The lowest BCUT2D eigenvalue weighted by Gasteiger charge is -2.14. The van der Waals surface area contributed by atoms with Crippen LogP contribution in [0.5, 0.6) is 5.75 Å². The lowest BCUT2D eigenvalue weighted by molar-refractivity contribution is 0.0926. The molecule has 1 aromatic heterocycles. The predicted molar refractivity (Wildman–Crippen MR) is 128 cm³/mol. The molecule has 3 N–H and O–H groups in total. The van der Waals surface area contributed by atoms with Gasteiger partial charge in [-0.1, -0.05) is 12.1 Å². The van der Waals surface area contributed by atoms with Gasteiger partial charge in [-0.25, -0.2) is 4.99 Å². The molecule has 0 radical (unpaired) electrons. The van der Waals surface area contributed by atoms with Crippen molar-refractivity contribution in [1.29, 1.82) is 0 Å². The molecule has 0 aliphatic rings. The van der Waals surface area contributed by atoms with Crippen LogP contribution in [0, 0.1) is 6.92 Å². The second-order valence-electron chi connectivity index (χ2n) is 6.31. The number of hydrogen-bond acceptors (Lipinski definition) is 5. The van der Waals surface area contributed by atoms with Crippen molar-refractivity contribution < 1.29 is 18.7 Å². The Morgan fingerprint density at radius 2 is 1.93 bits per heavy atom. The summed E-state index contributed by atoms with van der Waals surface area (Å²) in [4.78, 5) is 16.5. The van der Waals surface area contributed by atoms with Crippen LogP contribution in [0.4, 0.5) is 0 Å². The fourth-order valence-electron chi connectivity index (χ4n) is 2.52. The van der Waals surface area contributed by atoms with Crippen LogP contribution in [-0.2, 0) is 11.3 Å². The van der Waals surface area contributed by atoms with E-state index in [0.717, 1.165) is 23.4 Å². The average molecular weight is 530 g/mol. The van der Waals surface area contributed by atoms with Crippen LogP contribution in [0.3, 0.4) is 0 Å². The number of hydrogen-bond donors (Lipinski definition) is 3.